The van der Waals surface area contributed by atoms with Crippen molar-refractivity contribution in [3.63, 3.8) is 0 Å². The van der Waals surface area contributed by atoms with E-state index in [4.69, 9.17) is 4.98 Å². The molecule has 0 aliphatic carbocycles. The molecule has 1 atom stereocenters. The van der Waals surface area contributed by atoms with Crippen LogP contribution in [0.3, 0.4) is 0 Å². The Balaban J connectivity index is 1.57. The van der Waals surface area contributed by atoms with Crippen molar-refractivity contribution < 1.29 is 12.8 Å². The van der Waals surface area contributed by atoms with Gasteiger partial charge in [0.25, 0.3) is 5.56 Å². The number of para-hydroxylation sites is 1. The minimum atomic E-state index is -4.09. The third-order valence-electron chi connectivity index (χ3n) is 7.20. The minimum absolute atomic E-state index is 0.0449. The minimum Gasteiger partial charge on any atom is -0.268 e. The van der Waals surface area contributed by atoms with Gasteiger partial charge in [-0.05, 0) is 71.8 Å². The summed E-state index contributed by atoms with van der Waals surface area (Å²) in [6, 6.07) is 33.4. The molecular weight excluding hydrogens is 537 g/mol. The average molecular weight is 564 g/mol. The molecule has 0 aliphatic heterocycles. The van der Waals surface area contributed by atoms with Crippen molar-refractivity contribution in [3.8, 4) is 5.69 Å². The molecule has 0 aliphatic rings. The maximum Gasteiger partial charge on any atom is 0.266 e. The molecule has 6 rings (SSSR count). The Labute approximate surface area is 237 Å². The van der Waals surface area contributed by atoms with E-state index < -0.39 is 21.9 Å². The highest BCUT2D eigenvalue weighted by atomic mass is 32.2. The second-order valence-electron chi connectivity index (χ2n) is 9.82. The molecule has 0 N–H and O–H groups in total. The highest BCUT2D eigenvalue weighted by Crippen LogP contribution is 2.31. The van der Waals surface area contributed by atoms with E-state index >= 15 is 0 Å². The maximum absolute atomic E-state index is 14.4. The summed E-state index contributed by atoms with van der Waals surface area (Å²) in [5, 5.41) is 2.10. The van der Waals surface area contributed by atoms with Gasteiger partial charge in [-0.1, -0.05) is 72.8 Å². The van der Waals surface area contributed by atoms with Crippen molar-refractivity contribution in [1.82, 2.24) is 13.9 Å². The first-order chi connectivity index (χ1) is 19.8. The molecule has 6 aromatic rings. The van der Waals surface area contributed by atoms with Gasteiger partial charge >= 0.3 is 0 Å². The number of rotatable bonds is 7. The molecule has 0 saturated heterocycles. The number of hydrogen-bond acceptors (Lipinski definition) is 4. The monoisotopic (exact) mass is 563 g/mol. The molecule has 0 fully saturated rings. The van der Waals surface area contributed by atoms with Gasteiger partial charge in [-0.15, -0.1) is 0 Å². The van der Waals surface area contributed by atoms with Crippen LogP contribution in [-0.2, 0) is 16.6 Å². The predicted octanol–water partition coefficient (Wildman–Crippen LogP) is 6.63. The van der Waals surface area contributed by atoms with Crippen LogP contribution in [0.5, 0.6) is 0 Å². The Morgan fingerprint density at radius 2 is 1.46 bits per heavy atom. The molecule has 0 spiro atoms. The van der Waals surface area contributed by atoms with Gasteiger partial charge in [0.1, 0.15) is 11.6 Å². The molecule has 0 saturated carbocycles. The molecule has 5 aromatic carbocycles. The van der Waals surface area contributed by atoms with E-state index in [9.17, 15) is 17.6 Å². The van der Waals surface area contributed by atoms with Crippen molar-refractivity contribution in [1.29, 1.82) is 0 Å². The number of benzene rings is 5. The average Bonchev–Trinajstić information content (AvgIpc) is 3.00. The van der Waals surface area contributed by atoms with Crippen LogP contribution in [-0.4, -0.2) is 22.3 Å². The second kappa shape index (κ2) is 10.7. The van der Waals surface area contributed by atoms with Gasteiger partial charge in [0, 0.05) is 6.54 Å². The highest BCUT2D eigenvalue weighted by molar-refractivity contribution is 7.89. The van der Waals surface area contributed by atoms with E-state index in [1.807, 2.05) is 54.6 Å². The summed E-state index contributed by atoms with van der Waals surface area (Å²) in [4.78, 5) is 18.8. The largest absolute Gasteiger partial charge is 0.268 e. The number of aromatic nitrogens is 2. The fraction of sp³-hybridized carbons (Fsp3) is 0.0909. The Kier molecular flexibility index (Phi) is 6.95. The van der Waals surface area contributed by atoms with Gasteiger partial charge < -0.3 is 0 Å². The standard InChI is InChI=1S/C33H26FN3O3S/c1-23(32-35-31-14-8-7-13-30(31)33(38)37(32)28-18-16-27(34)17-19-28)36(22-24-9-3-2-4-10-24)41(39,40)29-20-15-25-11-5-6-12-26(25)21-29/h2-21,23H,22H2,1H3. The zero-order valence-corrected chi connectivity index (χ0v) is 23.0. The Hall–Kier alpha value is -4.66. The number of hydrogen-bond donors (Lipinski definition) is 0. The molecule has 1 aromatic heterocycles. The number of halogens is 1. The van der Waals surface area contributed by atoms with Crippen LogP contribution in [0.25, 0.3) is 27.4 Å². The molecule has 0 bridgehead atoms. The summed E-state index contributed by atoms with van der Waals surface area (Å²) in [5.74, 6) is -0.227. The molecule has 8 heteroatoms. The SMILES string of the molecule is CC(c1nc2ccccc2c(=O)n1-c1ccc(F)cc1)N(Cc1ccccc1)S(=O)(=O)c1ccc2ccccc2c1. The number of sulfonamides is 1. The van der Waals surface area contributed by atoms with Crippen LogP contribution in [0, 0.1) is 5.82 Å². The summed E-state index contributed by atoms with van der Waals surface area (Å²) < 4.78 is 45.4. The lowest BCUT2D eigenvalue weighted by molar-refractivity contribution is 0.321. The van der Waals surface area contributed by atoms with E-state index in [0.29, 0.717) is 16.6 Å². The fourth-order valence-corrected chi connectivity index (χ4v) is 6.67. The van der Waals surface area contributed by atoms with Gasteiger partial charge in [-0.2, -0.15) is 4.31 Å². The topological polar surface area (TPSA) is 72.3 Å². The lowest BCUT2D eigenvalue weighted by Gasteiger charge is -2.30. The third kappa shape index (κ3) is 5.03. The zero-order valence-electron chi connectivity index (χ0n) is 22.2. The summed E-state index contributed by atoms with van der Waals surface area (Å²) in [6.07, 6.45) is 0. The second-order valence-corrected chi connectivity index (χ2v) is 11.7. The number of nitrogens with zero attached hydrogens (tertiary/aromatic N) is 3. The molecule has 0 radical (unpaired) electrons. The quantitative estimate of drug-likeness (QED) is 0.219. The first-order valence-corrected chi connectivity index (χ1v) is 14.6. The summed E-state index contributed by atoms with van der Waals surface area (Å²) in [6.45, 7) is 1.77. The third-order valence-corrected chi connectivity index (χ3v) is 9.11. The predicted molar refractivity (Wildman–Crippen MR) is 159 cm³/mol. The smallest absolute Gasteiger partial charge is 0.266 e. The highest BCUT2D eigenvalue weighted by Gasteiger charge is 2.33. The van der Waals surface area contributed by atoms with Crippen LogP contribution in [0.2, 0.25) is 0 Å². The molecule has 1 unspecified atom stereocenters. The van der Waals surface area contributed by atoms with E-state index in [1.54, 1.807) is 49.4 Å². The Morgan fingerprint density at radius 1 is 0.805 bits per heavy atom. The van der Waals surface area contributed by atoms with E-state index in [-0.39, 0.29) is 22.8 Å². The van der Waals surface area contributed by atoms with E-state index in [1.165, 1.54) is 33.1 Å². The van der Waals surface area contributed by atoms with Gasteiger partial charge in [0.05, 0.1) is 27.5 Å². The lowest BCUT2D eigenvalue weighted by Crippen LogP contribution is -2.37. The Bertz CT molecular complexity index is 2040. The Morgan fingerprint density at radius 3 is 2.22 bits per heavy atom. The summed E-state index contributed by atoms with van der Waals surface area (Å²) in [7, 11) is -4.09. The molecule has 204 valence electrons. The van der Waals surface area contributed by atoms with Gasteiger partial charge in [-0.25, -0.2) is 17.8 Å². The number of fused-ring (bicyclic) bond motifs is 2. The van der Waals surface area contributed by atoms with Gasteiger partial charge in [-0.3, -0.25) is 9.36 Å². The lowest BCUT2D eigenvalue weighted by atomic mass is 10.1. The van der Waals surface area contributed by atoms with Crippen LogP contribution in [0.15, 0.2) is 131 Å². The van der Waals surface area contributed by atoms with Crippen LogP contribution in [0.1, 0.15) is 24.4 Å². The normalized spacial score (nSPS) is 12.7. The van der Waals surface area contributed by atoms with Crippen molar-refractivity contribution in [3.05, 3.63) is 149 Å². The fourth-order valence-electron chi connectivity index (χ4n) is 5.06. The first kappa shape index (κ1) is 26.6. The summed E-state index contributed by atoms with van der Waals surface area (Å²) >= 11 is 0. The van der Waals surface area contributed by atoms with E-state index in [0.717, 1.165) is 16.3 Å². The molecule has 1 heterocycles. The maximum atomic E-state index is 14.4. The zero-order chi connectivity index (χ0) is 28.6. The van der Waals surface area contributed by atoms with Gasteiger partial charge in [0.2, 0.25) is 10.0 Å². The summed E-state index contributed by atoms with van der Waals surface area (Å²) in [5.41, 5.74) is 1.24. The van der Waals surface area contributed by atoms with Crippen LogP contribution >= 0.6 is 0 Å². The molecule has 6 nitrogen and oxygen atoms in total. The molecule has 41 heavy (non-hydrogen) atoms. The molecular formula is C33H26FN3O3S. The van der Waals surface area contributed by atoms with Crippen molar-refractivity contribution >= 4 is 31.7 Å². The van der Waals surface area contributed by atoms with Crippen molar-refractivity contribution in [2.24, 2.45) is 0 Å². The van der Waals surface area contributed by atoms with Crippen LogP contribution < -0.4 is 5.56 Å². The van der Waals surface area contributed by atoms with Gasteiger partial charge in [0.15, 0.2) is 0 Å². The van der Waals surface area contributed by atoms with E-state index in [2.05, 4.69) is 0 Å². The first-order valence-electron chi connectivity index (χ1n) is 13.1. The van der Waals surface area contributed by atoms with Crippen LogP contribution in [0.4, 0.5) is 4.39 Å². The van der Waals surface area contributed by atoms with Crippen molar-refractivity contribution in [2.75, 3.05) is 0 Å². The van der Waals surface area contributed by atoms with Crippen molar-refractivity contribution in [2.45, 2.75) is 24.4 Å². The molecule has 0 amide bonds.